The molecule has 0 fully saturated rings. The van der Waals surface area contributed by atoms with E-state index in [1.165, 1.54) is 0 Å². The standard InChI is InChI=1S/C15H14ClN3O5/c16-9-4-2-1-3-8(9)5-10(13(21)15(23)24)19-14(22)11-6-18-12(20)7-17-11/h1-4,6-7,10,13,21H,5H2,(H,18,20)(H,19,22)(H,23,24). The largest absolute Gasteiger partial charge is 0.479 e. The van der Waals surface area contributed by atoms with Gasteiger partial charge < -0.3 is 20.5 Å². The molecule has 4 N–H and O–H groups in total. The zero-order valence-electron chi connectivity index (χ0n) is 12.3. The lowest BCUT2D eigenvalue weighted by Crippen LogP contribution is -2.48. The number of nitrogens with zero attached hydrogens (tertiary/aromatic N) is 1. The number of carbonyl (C=O) groups excluding carboxylic acids is 1. The van der Waals surface area contributed by atoms with Crippen LogP contribution in [0, 0.1) is 0 Å². The van der Waals surface area contributed by atoms with E-state index >= 15 is 0 Å². The Balaban J connectivity index is 2.21. The van der Waals surface area contributed by atoms with Crippen LogP contribution in [-0.4, -0.2) is 44.2 Å². The summed E-state index contributed by atoms with van der Waals surface area (Å²) in [6.07, 6.45) is 0.179. The van der Waals surface area contributed by atoms with Gasteiger partial charge in [0.1, 0.15) is 5.69 Å². The monoisotopic (exact) mass is 351 g/mol. The van der Waals surface area contributed by atoms with Crippen LogP contribution in [0.5, 0.6) is 0 Å². The Morgan fingerprint density at radius 3 is 2.62 bits per heavy atom. The number of hydrogen-bond donors (Lipinski definition) is 4. The molecule has 0 aliphatic rings. The summed E-state index contributed by atoms with van der Waals surface area (Å²) in [5.74, 6) is -2.22. The van der Waals surface area contributed by atoms with Gasteiger partial charge in [-0.3, -0.25) is 9.59 Å². The van der Waals surface area contributed by atoms with Crippen molar-refractivity contribution in [1.29, 1.82) is 0 Å². The SMILES string of the molecule is O=C(NC(Cc1ccccc1Cl)C(O)C(=O)O)c1c[nH]c(=O)cn1. The molecule has 0 saturated heterocycles. The summed E-state index contributed by atoms with van der Waals surface area (Å²) in [6.45, 7) is 0. The second-order valence-electron chi connectivity index (χ2n) is 4.95. The Hall–Kier alpha value is -2.71. The second kappa shape index (κ2) is 7.71. The molecule has 8 nitrogen and oxygen atoms in total. The number of aliphatic hydroxyl groups is 1. The summed E-state index contributed by atoms with van der Waals surface area (Å²) in [4.78, 5) is 40.1. The molecule has 1 amide bonds. The normalized spacial score (nSPS) is 13.1. The number of aromatic nitrogens is 2. The van der Waals surface area contributed by atoms with Crippen LogP contribution < -0.4 is 10.9 Å². The number of aliphatic carboxylic acids is 1. The molecule has 0 spiro atoms. The van der Waals surface area contributed by atoms with Crippen LogP contribution in [0.1, 0.15) is 16.1 Å². The third-order valence-electron chi connectivity index (χ3n) is 3.25. The van der Waals surface area contributed by atoms with Crippen LogP contribution in [0.25, 0.3) is 0 Å². The first kappa shape index (κ1) is 17.6. The predicted molar refractivity (Wildman–Crippen MR) is 84.9 cm³/mol. The number of nitrogens with one attached hydrogen (secondary N) is 2. The molecular formula is C15H14ClN3O5. The minimum absolute atomic E-state index is 0.00222. The Morgan fingerprint density at radius 1 is 1.33 bits per heavy atom. The molecule has 0 aliphatic heterocycles. The van der Waals surface area contributed by atoms with Gasteiger partial charge in [-0.2, -0.15) is 0 Å². The van der Waals surface area contributed by atoms with Crippen molar-refractivity contribution in [2.45, 2.75) is 18.6 Å². The number of hydrogen-bond acceptors (Lipinski definition) is 5. The highest BCUT2D eigenvalue weighted by Gasteiger charge is 2.28. The molecule has 0 radical (unpaired) electrons. The van der Waals surface area contributed by atoms with Crippen molar-refractivity contribution in [3.63, 3.8) is 0 Å². The first-order valence-corrected chi connectivity index (χ1v) is 7.26. The zero-order chi connectivity index (χ0) is 17.7. The molecule has 1 aromatic heterocycles. The van der Waals surface area contributed by atoms with Crippen LogP contribution in [0.4, 0.5) is 0 Å². The predicted octanol–water partition coefficient (Wildman–Crippen LogP) is 0.210. The molecular weight excluding hydrogens is 338 g/mol. The van der Waals surface area contributed by atoms with E-state index in [-0.39, 0.29) is 12.1 Å². The maximum absolute atomic E-state index is 12.1. The number of H-pyrrole nitrogens is 1. The van der Waals surface area contributed by atoms with Crippen LogP contribution >= 0.6 is 11.6 Å². The van der Waals surface area contributed by atoms with Gasteiger partial charge >= 0.3 is 5.97 Å². The summed E-state index contributed by atoms with van der Waals surface area (Å²) < 4.78 is 0. The molecule has 24 heavy (non-hydrogen) atoms. The van der Waals surface area contributed by atoms with E-state index in [4.69, 9.17) is 16.7 Å². The van der Waals surface area contributed by atoms with Crippen molar-refractivity contribution in [3.05, 3.63) is 63.3 Å². The molecule has 0 bridgehead atoms. The lowest BCUT2D eigenvalue weighted by atomic mass is 10.0. The van der Waals surface area contributed by atoms with Gasteiger partial charge in [0.05, 0.1) is 12.2 Å². The Kier molecular flexibility index (Phi) is 5.67. The van der Waals surface area contributed by atoms with Crippen molar-refractivity contribution in [2.24, 2.45) is 0 Å². The molecule has 0 aliphatic carbocycles. The lowest BCUT2D eigenvalue weighted by Gasteiger charge is -2.21. The van der Waals surface area contributed by atoms with E-state index in [1.54, 1.807) is 24.3 Å². The summed E-state index contributed by atoms with van der Waals surface area (Å²) in [5.41, 5.74) is -0.0275. The summed E-state index contributed by atoms with van der Waals surface area (Å²) in [6, 6.07) is 5.55. The van der Waals surface area contributed by atoms with Crippen molar-refractivity contribution in [3.8, 4) is 0 Å². The van der Waals surface area contributed by atoms with Crippen LogP contribution in [0.2, 0.25) is 5.02 Å². The van der Waals surface area contributed by atoms with Crippen molar-refractivity contribution < 1.29 is 19.8 Å². The van der Waals surface area contributed by atoms with Gasteiger partial charge in [-0.15, -0.1) is 0 Å². The molecule has 0 saturated carbocycles. The smallest absolute Gasteiger partial charge is 0.334 e. The number of benzene rings is 1. The van der Waals surface area contributed by atoms with E-state index in [0.29, 0.717) is 10.6 Å². The average molecular weight is 352 g/mol. The molecule has 2 aromatic rings. The summed E-state index contributed by atoms with van der Waals surface area (Å²) in [7, 11) is 0. The fraction of sp³-hybridized carbons (Fsp3) is 0.200. The minimum Gasteiger partial charge on any atom is -0.479 e. The fourth-order valence-corrected chi connectivity index (χ4v) is 2.24. The molecule has 2 atom stereocenters. The van der Waals surface area contributed by atoms with E-state index in [2.05, 4.69) is 15.3 Å². The Morgan fingerprint density at radius 2 is 2.04 bits per heavy atom. The van der Waals surface area contributed by atoms with Crippen molar-refractivity contribution in [2.75, 3.05) is 0 Å². The van der Waals surface area contributed by atoms with Gasteiger partial charge in [0.15, 0.2) is 6.10 Å². The van der Waals surface area contributed by atoms with Gasteiger partial charge in [0, 0.05) is 11.2 Å². The van der Waals surface area contributed by atoms with E-state index in [1.807, 2.05) is 0 Å². The quantitative estimate of drug-likeness (QED) is 0.588. The van der Waals surface area contributed by atoms with Crippen LogP contribution in [0.15, 0.2) is 41.5 Å². The number of rotatable bonds is 6. The first-order chi connectivity index (χ1) is 11.4. The topological polar surface area (TPSA) is 132 Å². The first-order valence-electron chi connectivity index (χ1n) is 6.88. The number of carboxylic acids is 1. The average Bonchev–Trinajstić information content (AvgIpc) is 2.56. The van der Waals surface area contributed by atoms with E-state index < -0.39 is 29.6 Å². The highest BCUT2D eigenvalue weighted by molar-refractivity contribution is 6.31. The lowest BCUT2D eigenvalue weighted by molar-refractivity contribution is -0.148. The molecule has 126 valence electrons. The zero-order valence-corrected chi connectivity index (χ0v) is 13.0. The van der Waals surface area contributed by atoms with E-state index in [0.717, 1.165) is 12.4 Å². The van der Waals surface area contributed by atoms with Gasteiger partial charge in [0.2, 0.25) is 0 Å². The Labute approximate surface area is 141 Å². The summed E-state index contributed by atoms with van der Waals surface area (Å²) in [5, 5.41) is 21.6. The maximum atomic E-state index is 12.1. The highest BCUT2D eigenvalue weighted by atomic mass is 35.5. The van der Waals surface area contributed by atoms with E-state index in [9.17, 15) is 19.5 Å². The van der Waals surface area contributed by atoms with Gasteiger partial charge in [-0.25, -0.2) is 9.78 Å². The number of aromatic amines is 1. The van der Waals surface area contributed by atoms with Gasteiger partial charge in [-0.1, -0.05) is 29.8 Å². The van der Waals surface area contributed by atoms with Crippen LogP contribution in [-0.2, 0) is 11.2 Å². The van der Waals surface area contributed by atoms with Gasteiger partial charge in [-0.05, 0) is 18.1 Å². The molecule has 2 unspecified atom stereocenters. The molecule has 2 rings (SSSR count). The number of aliphatic hydroxyl groups excluding tert-OH is 1. The van der Waals surface area contributed by atoms with Gasteiger partial charge in [0.25, 0.3) is 11.5 Å². The van der Waals surface area contributed by atoms with Crippen LogP contribution in [0.3, 0.4) is 0 Å². The molecule has 1 aromatic carbocycles. The fourth-order valence-electron chi connectivity index (χ4n) is 2.02. The molecule has 9 heteroatoms. The highest BCUT2D eigenvalue weighted by Crippen LogP contribution is 2.18. The minimum atomic E-state index is -1.84. The van der Waals surface area contributed by atoms with Crippen molar-refractivity contribution in [1.82, 2.24) is 15.3 Å². The Bertz CT molecular complexity index is 787. The third-order valence-corrected chi connectivity index (χ3v) is 3.62. The second-order valence-corrected chi connectivity index (χ2v) is 5.36. The number of carboxylic acid groups (broad SMARTS) is 1. The number of halogens is 1. The third kappa shape index (κ3) is 4.40. The van der Waals surface area contributed by atoms with Crippen molar-refractivity contribution >= 4 is 23.5 Å². The number of carbonyl (C=O) groups is 2. The number of amides is 1. The maximum Gasteiger partial charge on any atom is 0.334 e. The summed E-state index contributed by atoms with van der Waals surface area (Å²) >= 11 is 6.03. The molecule has 1 heterocycles.